The second-order valence-corrected chi connectivity index (χ2v) is 5.12. The smallest absolute Gasteiger partial charge is 0.326 e. The van der Waals surface area contributed by atoms with Crippen molar-refractivity contribution in [2.75, 3.05) is 11.4 Å². The Kier molecular flexibility index (Phi) is 3.42. The minimum absolute atomic E-state index is 0.434. The zero-order valence-electron chi connectivity index (χ0n) is 11.2. The first kappa shape index (κ1) is 12.7. The fraction of sp³-hybridized carbons (Fsp3) is 0.235. The molecule has 0 amide bonds. The Morgan fingerprint density at radius 3 is 2.55 bits per heavy atom. The Bertz CT molecular complexity index is 609. The van der Waals surface area contributed by atoms with Crippen LogP contribution in [-0.2, 0) is 17.6 Å². The van der Waals surface area contributed by atoms with E-state index in [1.807, 2.05) is 47.4 Å². The predicted molar refractivity (Wildman–Crippen MR) is 79.1 cm³/mol. The summed E-state index contributed by atoms with van der Waals surface area (Å²) in [5.41, 5.74) is 3.44. The summed E-state index contributed by atoms with van der Waals surface area (Å²) in [6.45, 7) is 0.734. The van der Waals surface area contributed by atoms with Crippen LogP contribution in [0.25, 0.3) is 0 Å². The van der Waals surface area contributed by atoms with Crippen molar-refractivity contribution in [1.82, 2.24) is 0 Å². The highest BCUT2D eigenvalue weighted by Gasteiger charge is 2.33. The topological polar surface area (TPSA) is 40.5 Å². The first-order valence-corrected chi connectivity index (χ1v) is 6.87. The number of benzene rings is 2. The van der Waals surface area contributed by atoms with Crippen molar-refractivity contribution in [2.45, 2.75) is 18.9 Å². The average molecular weight is 267 g/mol. The monoisotopic (exact) mass is 267 g/mol. The number of carboxylic acids is 1. The van der Waals surface area contributed by atoms with E-state index in [0.29, 0.717) is 6.42 Å². The molecule has 2 aromatic carbocycles. The lowest BCUT2D eigenvalue weighted by molar-refractivity contribution is -0.138. The van der Waals surface area contributed by atoms with Gasteiger partial charge in [-0.05, 0) is 23.6 Å². The third-order valence-electron chi connectivity index (χ3n) is 3.86. The maximum atomic E-state index is 11.5. The van der Waals surface area contributed by atoms with Crippen LogP contribution in [0.3, 0.4) is 0 Å². The van der Waals surface area contributed by atoms with Gasteiger partial charge in [0, 0.05) is 18.7 Å². The molecule has 0 saturated heterocycles. The van der Waals surface area contributed by atoms with Crippen molar-refractivity contribution < 1.29 is 9.90 Å². The Labute approximate surface area is 118 Å². The lowest BCUT2D eigenvalue weighted by atomic mass is 10.1. The maximum Gasteiger partial charge on any atom is 0.326 e. The quantitative estimate of drug-likeness (QED) is 0.926. The molecule has 0 radical (unpaired) electrons. The molecule has 102 valence electrons. The SMILES string of the molecule is O=C(O)C1Cc2ccccc2N1CCc1ccccc1. The second kappa shape index (κ2) is 5.37. The number of para-hydroxylation sites is 1. The third-order valence-corrected chi connectivity index (χ3v) is 3.86. The van der Waals surface area contributed by atoms with Gasteiger partial charge >= 0.3 is 5.97 Å². The van der Waals surface area contributed by atoms with Gasteiger partial charge in [-0.25, -0.2) is 4.79 Å². The summed E-state index contributed by atoms with van der Waals surface area (Å²) in [6.07, 6.45) is 1.46. The highest BCUT2D eigenvalue weighted by atomic mass is 16.4. The van der Waals surface area contributed by atoms with E-state index in [9.17, 15) is 9.90 Å². The zero-order valence-corrected chi connectivity index (χ0v) is 11.2. The first-order valence-electron chi connectivity index (χ1n) is 6.87. The molecule has 1 N–H and O–H groups in total. The molecule has 1 unspecified atom stereocenters. The molecule has 2 aromatic rings. The minimum atomic E-state index is -0.741. The van der Waals surface area contributed by atoms with Gasteiger partial charge in [0.25, 0.3) is 0 Å². The van der Waals surface area contributed by atoms with Crippen molar-refractivity contribution in [3.63, 3.8) is 0 Å². The molecular weight excluding hydrogens is 250 g/mol. The van der Waals surface area contributed by atoms with Crippen LogP contribution in [0.1, 0.15) is 11.1 Å². The Morgan fingerprint density at radius 1 is 1.10 bits per heavy atom. The third kappa shape index (κ3) is 2.39. The molecule has 1 atom stereocenters. The maximum absolute atomic E-state index is 11.5. The molecule has 1 aliphatic rings. The fourth-order valence-electron chi connectivity index (χ4n) is 2.84. The number of anilines is 1. The average Bonchev–Trinajstić information content (AvgIpc) is 2.85. The van der Waals surface area contributed by atoms with Gasteiger partial charge in [-0.15, -0.1) is 0 Å². The molecule has 3 rings (SSSR count). The van der Waals surface area contributed by atoms with Gasteiger partial charge in [-0.3, -0.25) is 0 Å². The van der Waals surface area contributed by atoms with Crippen molar-refractivity contribution in [3.05, 3.63) is 65.7 Å². The predicted octanol–water partition coefficient (Wildman–Crippen LogP) is 2.75. The summed E-state index contributed by atoms with van der Waals surface area (Å²) in [4.78, 5) is 13.5. The molecule has 0 fully saturated rings. The minimum Gasteiger partial charge on any atom is -0.480 e. The van der Waals surface area contributed by atoms with Gasteiger partial charge in [0.15, 0.2) is 0 Å². The van der Waals surface area contributed by atoms with Crippen LogP contribution in [0.15, 0.2) is 54.6 Å². The summed E-state index contributed by atoms with van der Waals surface area (Å²) in [5, 5.41) is 9.41. The molecule has 3 heteroatoms. The lowest BCUT2D eigenvalue weighted by Crippen LogP contribution is -2.39. The van der Waals surface area contributed by atoms with Crippen molar-refractivity contribution >= 4 is 11.7 Å². The number of fused-ring (bicyclic) bond motifs is 1. The zero-order chi connectivity index (χ0) is 13.9. The molecule has 1 aliphatic heterocycles. The van der Waals surface area contributed by atoms with Crippen molar-refractivity contribution in [1.29, 1.82) is 0 Å². The van der Waals surface area contributed by atoms with Gasteiger partial charge in [-0.1, -0.05) is 48.5 Å². The number of carbonyl (C=O) groups is 1. The molecule has 0 bridgehead atoms. The Morgan fingerprint density at radius 2 is 1.80 bits per heavy atom. The largest absolute Gasteiger partial charge is 0.480 e. The molecule has 0 saturated carbocycles. The van der Waals surface area contributed by atoms with E-state index in [4.69, 9.17) is 0 Å². The number of hydrogen-bond acceptors (Lipinski definition) is 2. The van der Waals surface area contributed by atoms with Gasteiger partial charge in [0.2, 0.25) is 0 Å². The number of hydrogen-bond donors (Lipinski definition) is 1. The van der Waals surface area contributed by atoms with E-state index in [1.165, 1.54) is 5.56 Å². The highest BCUT2D eigenvalue weighted by molar-refractivity contribution is 5.82. The molecule has 1 heterocycles. The van der Waals surface area contributed by atoms with Crippen molar-refractivity contribution in [2.24, 2.45) is 0 Å². The molecule has 3 nitrogen and oxygen atoms in total. The summed E-state index contributed by atoms with van der Waals surface area (Å²) < 4.78 is 0. The van der Waals surface area contributed by atoms with E-state index in [-0.39, 0.29) is 0 Å². The van der Waals surface area contributed by atoms with E-state index < -0.39 is 12.0 Å². The first-order chi connectivity index (χ1) is 9.75. The number of nitrogens with zero attached hydrogens (tertiary/aromatic N) is 1. The van der Waals surface area contributed by atoms with E-state index >= 15 is 0 Å². The Hall–Kier alpha value is -2.29. The van der Waals surface area contributed by atoms with Crippen LogP contribution in [-0.4, -0.2) is 23.7 Å². The summed E-state index contributed by atoms with van der Waals surface area (Å²) >= 11 is 0. The van der Waals surface area contributed by atoms with E-state index in [2.05, 4.69) is 12.1 Å². The number of rotatable bonds is 4. The highest BCUT2D eigenvalue weighted by Crippen LogP contribution is 2.32. The van der Waals surface area contributed by atoms with Crippen LogP contribution in [0.5, 0.6) is 0 Å². The van der Waals surface area contributed by atoms with Crippen LogP contribution in [0, 0.1) is 0 Å². The number of aliphatic carboxylic acids is 1. The normalized spacial score (nSPS) is 17.0. The van der Waals surface area contributed by atoms with Gasteiger partial charge in [0.05, 0.1) is 0 Å². The summed E-state index contributed by atoms with van der Waals surface area (Å²) in [7, 11) is 0. The van der Waals surface area contributed by atoms with Crippen LogP contribution >= 0.6 is 0 Å². The van der Waals surface area contributed by atoms with Crippen molar-refractivity contribution in [3.8, 4) is 0 Å². The van der Waals surface area contributed by atoms with Gasteiger partial charge < -0.3 is 10.0 Å². The summed E-state index contributed by atoms with van der Waals surface area (Å²) in [6, 6.07) is 17.7. The fourth-order valence-corrected chi connectivity index (χ4v) is 2.84. The standard InChI is InChI=1S/C17H17NO2/c19-17(20)16-12-14-8-4-5-9-15(14)18(16)11-10-13-6-2-1-3-7-13/h1-9,16H,10-12H2,(H,19,20). The molecule has 0 spiro atoms. The van der Waals surface area contributed by atoms with Gasteiger partial charge in [-0.2, -0.15) is 0 Å². The number of carboxylic acid groups (broad SMARTS) is 1. The van der Waals surface area contributed by atoms with Crippen LogP contribution in [0.4, 0.5) is 5.69 Å². The molecule has 0 aliphatic carbocycles. The summed E-state index contributed by atoms with van der Waals surface area (Å²) in [5.74, 6) is -0.741. The molecular formula is C17H17NO2. The lowest BCUT2D eigenvalue weighted by Gasteiger charge is -2.24. The molecule has 20 heavy (non-hydrogen) atoms. The van der Waals surface area contributed by atoms with E-state index in [1.54, 1.807) is 0 Å². The van der Waals surface area contributed by atoms with E-state index in [0.717, 1.165) is 24.2 Å². The van der Waals surface area contributed by atoms with Gasteiger partial charge in [0.1, 0.15) is 6.04 Å². The molecule has 0 aromatic heterocycles. The Balaban J connectivity index is 1.80. The van der Waals surface area contributed by atoms with Crippen LogP contribution < -0.4 is 4.90 Å². The van der Waals surface area contributed by atoms with Crippen LogP contribution in [0.2, 0.25) is 0 Å². The second-order valence-electron chi connectivity index (χ2n) is 5.12.